The van der Waals surface area contributed by atoms with E-state index < -0.39 is 0 Å². The Morgan fingerprint density at radius 2 is 1.62 bits per heavy atom. The van der Waals surface area contributed by atoms with Gasteiger partial charge < -0.3 is 10.6 Å². The number of carbonyl (C=O) groups excluding carboxylic acids is 1. The fourth-order valence-electron chi connectivity index (χ4n) is 2.87. The van der Waals surface area contributed by atoms with Crippen molar-refractivity contribution in [1.82, 2.24) is 10.3 Å². The number of aromatic nitrogens is 1. The molecule has 0 aliphatic heterocycles. The number of benzene rings is 2. The maximum Gasteiger partial charge on any atom is 0.253 e. The van der Waals surface area contributed by atoms with Gasteiger partial charge in [0, 0.05) is 18.4 Å². The fraction of sp³-hybridized carbons (Fsp3) is 0.182. The molecule has 3 rings (SSSR count). The fourth-order valence-corrected chi connectivity index (χ4v) is 2.87. The smallest absolute Gasteiger partial charge is 0.253 e. The molecule has 0 aliphatic carbocycles. The summed E-state index contributed by atoms with van der Waals surface area (Å²) in [7, 11) is 0. The number of aryl methyl sites for hydroxylation is 3. The van der Waals surface area contributed by atoms with Gasteiger partial charge in [0.2, 0.25) is 0 Å². The Morgan fingerprint density at radius 1 is 0.923 bits per heavy atom. The number of hydrogen-bond donors (Lipinski definition) is 2. The van der Waals surface area contributed by atoms with Crippen LogP contribution in [0.2, 0.25) is 0 Å². The van der Waals surface area contributed by atoms with Gasteiger partial charge in [-0.3, -0.25) is 9.78 Å². The first kappa shape index (κ1) is 17.7. The van der Waals surface area contributed by atoms with E-state index in [2.05, 4.69) is 41.6 Å². The quantitative estimate of drug-likeness (QED) is 0.706. The lowest BCUT2D eigenvalue weighted by atomic mass is 10.1. The molecule has 0 radical (unpaired) electrons. The molecule has 4 heteroatoms. The second kappa shape index (κ2) is 7.83. The molecule has 0 atom stereocenters. The van der Waals surface area contributed by atoms with Gasteiger partial charge >= 0.3 is 0 Å². The summed E-state index contributed by atoms with van der Waals surface area (Å²) in [5.41, 5.74) is 6.96. The van der Waals surface area contributed by atoms with Crippen molar-refractivity contribution < 1.29 is 4.79 Å². The van der Waals surface area contributed by atoms with Crippen LogP contribution in [0.1, 0.15) is 32.6 Å². The van der Waals surface area contributed by atoms with Crippen molar-refractivity contribution in [3.63, 3.8) is 0 Å². The number of pyridine rings is 1. The van der Waals surface area contributed by atoms with Crippen LogP contribution in [0.15, 0.2) is 60.9 Å². The van der Waals surface area contributed by atoms with Crippen molar-refractivity contribution >= 4 is 17.3 Å². The van der Waals surface area contributed by atoms with E-state index >= 15 is 0 Å². The SMILES string of the molecule is Cc1ccccc1CNC(=O)c1cncc(Nc2c(C)cccc2C)c1. The average molecular weight is 345 g/mol. The Bertz CT molecular complexity index is 914. The number of anilines is 2. The minimum Gasteiger partial charge on any atom is -0.354 e. The van der Waals surface area contributed by atoms with Gasteiger partial charge in [-0.05, 0) is 49.1 Å². The molecule has 132 valence electrons. The monoisotopic (exact) mass is 345 g/mol. The maximum atomic E-state index is 12.5. The highest BCUT2D eigenvalue weighted by molar-refractivity contribution is 5.94. The van der Waals surface area contributed by atoms with Gasteiger partial charge in [0.15, 0.2) is 0 Å². The zero-order chi connectivity index (χ0) is 18.5. The molecule has 1 aromatic heterocycles. The molecule has 0 saturated heterocycles. The van der Waals surface area contributed by atoms with Crippen LogP contribution in [0.25, 0.3) is 0 Å². The van der Waals surface area contributed by atoms with Crippen LogP contribution in [-0.4, -0.2) is 10.9 Å². The maximum absolute atomic E-state index is 12.5. The molecule has 2 aromatic carbocycles. The van der Waals surface area contributed by atoms with Crippen LogP contribution in [0.5, 0.6) is 0 Å². The Labute approximate surface area is 154 Å². The largest absolute Gasteiger partial charge is 0.354 e. The van der Waals surface area contributed by atoms with Gasteiger partial charge in [0.1, 0.15) is 0 Å². The highest BCUT2D eigenvalue weighted by Gasteiger charge is 2.09. The Balaban J connectivity index is 1.72. The first-order chi connectivity index (χ1) is 12.5. The molecule has 26 heavy (non-hydrogen) atoms. The van der Waals surface area contributed by atoms with E-state index in [1.807, 2.05) is 43.3 Å². The van der Waals surface area contributed by atoms with Crippen molar-refractivity contribution in [2.45, 2.75) is 27.3 Å². The zero-order valence-electron chi connectivity index (χ0n) is 15.3. The summed E-state index contributed by atoms with van der Waals surface area (Å²) in [5.74, 6) is -0.133. The summed E-state index contributed by atoms with van der Waals surface area (Å²) in [6, 6.07) is 16.0. The van der Waals surface area contributed by atoms with E-state index in [0.29, 0.717) is 12.1 Å². The van der Waals surface area contributed by atoms with Crippen molar-refractivity contribution in [2.75, 3.05) is 5.32 Å². The molecule has 0 bridgehead atoms. The van der Waals surface area contributed by atoms with Crippen molar-refractivity contribution in [3.8, 4) is 0 Å². The number of nitrogens with zero attached hydrogens (tertiary/aromatic N) is 1. The topological polar surface area (TPSA) is 54.0 Å². The number of rotatable bonds is 5. The summed E-state index contributed by atoms with van der Waals surface area (Å²) < 4.78 is 0. The van der Waals surface area contributed by atoms with Crippen molar-refractivity contribution in [3.05, 3.63) is 88.7 Å². The number of hydrogen-bond acceptors (Lipinski definition) is 3. The van der Waals surface area contributed by atoms with Gasteiger partial charge in [0.25, 0.3) is 5.91 Å². The predicted molar refractivity (Wildman–Crippen MR) is 106 cm³/mol. The Morgan fingerprint density at radius 3 is 2.35 bits per heavy atom. The summed E-state index contributed by atoms with van der Waals surface area (Å²) in [5, 5.41) is 6.34. The van der Waals surface area contributed by atoms with E-state index in [1.165, 1.54) is 0 Å². The summed E-state index contributed by atoms with van der Waals surface area (Å²) in [6.07, 6.45) is 3.31. The highest BCUT2D eigenvalue weighted by atomic mass is 16.1. The molecule has 0 spiro atoms. The molecule has 3 aromatic rings. The second-order valence-corrected chi connectivity index (χ2v) is 6.46. The molecular formula is C22H23N3O. The third-order valence-electron chi connectivity index (χ3n) is 4.45. The molecule has 4 nitrogen and oxygen atoms in total. The lowest BCUT2D eigenvalue weighted by Gasteiger charge is -2.13. The van der Waals surface area contributed by atoms with Gasteiger partial charge in [-0.15, -0.1) is 0 Å². The third-order valence-corrected chi connectivity index (χ3v) is 4.45. The van der Waals surface area contributed by atoms with Crippen LogP contribution < -0.4 is 10.6 Å². The van der Waals surface area contributed by atoms with E-state index in [4.69, 9.17) is 0 Å². The van der Waals surface area contributed by atoms with Gasteiger partial charge in [-0.25, -0.2) is 0 Å². The van der Waals surface area contributed by atoms with Crippen LogP contribution in [0.4, 0.5) is 11.4 Å². The van der Waals surface area contributed by atoms with E-state index in [0.717, 1.165) is 33.6 Å². The third kappa shape index (κ3) is 4.09. The number of carbonyl (C=O) groups is 1. The molecular weight excluding hydrogens is 322 g/mol. The first-order valence-electron chi connectivity index (χ1n) is 8.65. The lowest BCUT2D eigenvalue weighted by molar-refractivity contribution is 0.0950. The van der Waals surface area contributed by atoms with E-state index in [9.17, 15) is 4.79 Å². The number of para-hydroxylation sites is 1. The number of amides is 1. The van der Waals surface area contributed by atoms with Gasteiger partial charge in [-0.1, -0.05) is 42.5 Å². The minimum atomic E-state index is -0.133. The molecule has 0 fully saturated rings. The molecule has 0 unspecified atom stereocenters. The van der Waals surface area contributed by atoms with E-state index in [-0.39, 0.29) is 5.91 Å². The first-order valence-corrected chi connectivity index (χ1v) is 8.65. The summed E-state index contributed by atoms with van der Waals surface area (Å²) >= 11 is 0. The highest BCUT2D eigenvalue weighted by Crippen LogP contribution is 2.24. The minimum absolute atomic E-state index is 0.133. The summed E-state index contributed by atoms with van der Waals surface area (Å²) in [6.45, 7) is 6.65. The van der Waals surface area contributed by atoms with Crippen LogP contribution in [-0.2, 0) is 6.54 Å². The van der Waals surface area contributed by atoms with Crippen molar-refractivity contribution in [2.24, 2.45) is 0 Å². The predicted octanol–water partition coefficient (Wildman–Crippen LogP) is 4.68. The van der Waals surface area contributed by atoms with Crippen LogP contribution in [0.3, 0.4) is 0 Å². The standard InChI is InChI=1S/C22H23N3O/c1-15-7-4-5-10-18(15)13-24-22(26)19-11-20(14-23-12-19)25-21-16(2)8-6-9-17(21)3/h4-12,14,25H,13H2,1-3H3,(H,24,26). The van der Waals surface area contributed by atoms with E-state index in [1.54, 1.807) is 12.4 Å². The number of nitrogens with one attached hydrogen (secondary N) is 2. The summed E-state index contributed by atoms with van der Waals surface area (Å²) in [4.78, 5) is 16.7. The Kier molecular flexibility index (Phi) is 5.32. The van der Waals surface area contributed by atoms with Gasteiger partial charge in [0.05, 0.1) is 17.4 Å². The van der Waals surface area contributed by atoms with Crippen LogP contribution in [0, 0.1) is 20.8 Å². The average Bonchev–Trinajstić information content (AvgIpc) is 2.64. The second-order valence-electron chi connectivity index (χ2n) is 6.46. The van der Waals surface area contributed by atoms with Crippen molar-refractivity contribution in [1.29, 1.82) is 0 Å². The normalized spacial score (nSPS) is 10.4. The molecule has 1 heterocycles. The molecule has 0 aliphatic rings. The zero-order valence-corrected chi connectivity index (χ0v) is 15.3. The lowest BCUT2D eigenvalue weighted by Crippen LogP contribution is -2.23. The van der Waals surface area contributed by atoms with Crippen LogP contribution >= 0.6 is 0 Å². The van der Waals surface area contributed by atoms with Gasteiger partial charge in [-0.2, -0.15) is 0 Å². The molecule has 0 saturated carbocycles. The molecule has 1 amide bonds. The Hall–Kier alpha value is -3.14. The molecule has 2 N–H and O–H groups in total.